The van der Waals surface area contributed by atoms with Gasteiger partial charge in [0.15, 0.2) is 5.76 Å². The van der Waals surface area contributed by atoms with Gasteiger partial charge in [-0.1, -0.05) is 40.9 Å². The maximum absolute atomic E-state index is 13.1. The Bertz CT molecular complexity index is 1250. The molecule has 0 fully saturated rings. The van der Waals surface area contributed by atoms with E-state index in [1.54, 1.807) is 35.1 Å². The molecule has 0 saturated carbocycles. The van der Waals surface area contributed by atoms with Gasteiger partial charge in [0, 0.05) is 21.8 Å². The summed E-state index contributed by atoms with van der Waals surface area (Å²) >= 11 is 18.3. The van der Waals surface area contributed by atoms with Gasteiger partial charge in [0.25, 0.3) is 5.91 Å². The fraction of sp³-hybridized carbons (Fsp3) is 0.0909. The number of amides is 1. The molecule has 6 nitrogen and oxygen atoms in total. The molecule has 1 N–H and O–H groups in total. The maximum Gasteiger partial charge on any atom is 0.291 e. The quantitative estimate of drug-likeness (QED) is 0.320. The average molecular weight is 495 g/mol. The topological polar surface area (TPSA) is 69.3 Å². The molecule has 32 heavy (non-hydrogen) atoms. The van der Waals surface area contributed by atoms with Gasteiger partial charge in [-0.2, -0.15) is 5.10 Å². The smallest absolute Gasteiger partial charge is 0.291 e. The van der Waals surface area contributed by atoms with E-state index in [9.17, 15) is 9.18 Å². The molecule has 4 aromatic rings. The Morgan fingerprint density at radius 2 is 1.88 bits per heavy atom. The van der Waals surface area contributed by atoms with Crippen molar-refractivity contribution < 1.29 is 18.3 Å². The zero-order valence-electron chi connectivity index (χ0n) is 16.3. The first kappa shape index (κ1) is 22.2. The van der Waals surface area contributed by atoms with Crippen LogP contribution in [0.1, 0.15) is 21.9 Å². The van der Waals surface area contributed by atoms with Gasteiger partial charge in [0.05, 0.1) is 23.5 Å². The highest BCUT2D eigenvalue weighted by Crippen LogP contribution is 2.27. The first-order valence-electron chi connectivity index (χ1n) is 9.32. The van der Waals surface area contributed by atoms with Crippen LogP contribution in [-0.2, 0) is 13.2 Å². The minimum absolute atomic E-state index is 0.0230. The molecule has 0 spiro atoms. The van der Waals surface area contributed by atoms with Gasteiger partial charge >= 0.3 is 0 Å². The Balaban J connectivity index is 1.36. The third-order valence-corrected chi connectivity index (χ3v) is 5.43. The molecule has 0 radical (unpaired) electrons. The number of benzene rings is 2. The first-order valence-corrected chi connectivity index (χ1v) is 10.5. The predicted molar refractivity (Wildman–Crippen MR) is 120 cm³/mol. The summed E-state index contributed by atoms with van der Waals surface area (Å²) in [6.07, 6.45) is 3.16. The Kier molecular flexibility index (Phi) is 6.69. The van der Waals surface area contributed by atoms with E-state index < -0.39 is 11.7 Å². The number of carbonyl (C=O) groups excluding carboxylic acids is 1. The number of nitrogens with one attached hydrogen (secondary N) is 1. The molecule has 0 aliphatic carbocycles. The fourth-order valence-corrected chi connectivity index (χ4v) is 3.61. The average Bonchev–Trinajstić information content (AvgIpc) is 3.40. The number of ether oxygens (including phenoxy) is 1. The number of hydrogen-bond donors (Lipinski definition) is 1. The molecule has 0 aliphatic rings. The van der Waals surface area contributed by atoms with Crippen molar-refractivity contribution in [3.05, 3.63) is 98.9 Å². The van der Waals surface area contributed by atoms with Crippen molar-refractivity contribution in [3.63, 3.8) is 0 Å². The lowest BCUT2D eigenvalue weighted by Crippen LogP contribution is -2.10. The molecule has 0 saturated heterocycles. The van der Waals surface area contributed by atoms with Crippen LogP contribution in [0.3, 0.4) is 0 Å². The van der Waals surface area contributed by atoms with E-state index in [0.29, 0.717) is 33.8 Å². The van der Waals surface area contributed by atoms with E-state index >= 15 is 0 Å². The van der Waals surface area contributed by atoms with E-state index in [-0.39, 0.29) is 17.4 Å². The SMILES string of the molecule is O=C(Nc1cnn(Cc2c(Cl)cccc2Cl)c1)c1ccc(COc2ccc(F)cc2Cl)o1. The van der Waals surface area contributed by atoms with Crippen LogP contribution in [0.5, 0.6) is 5.75 Å². The molecule has 2 aromatic carbocycles. The summed E-state index contributed by atoms with van der Waals surface area (Å²) in [5.41, 5.74) is 1.21. The highest BCUT2D eigenvalue weighted by Gasteiger charge is 2.14. The number of carbonyl (C=O) groups is 1. The summed E-state index contributed by atoms with van der Waals surface area (Å²) in [5.74, 6) is -0.110. The van der Waals surface area contributed by atoms with E-state index in [0.717, 1.165) is 11.6 Å². The van der Waals surface area contributed by atoms with Gasteiger partial charge in [-0.05, 0) is 42.5 Å². The number of nitrogens with zero attached hydrogens (tertiary/aromatic N) is 2. The summed E-state index contributed by atoms with van der Waals surface area (Å²) in [6, 6.07) is 12.2. The predicted octanol–water partition coefficient (Wildman–Crippen LogP) is 6.46. The Morgan fingerprint density at radius 1 is 1.09 bits per heavy atom. The van der Waals surface area contributed by atoms with Crippen LogP contribution in [0.4, 0.5) is 10.1 Å². The summed E-state index contributed by atoms with van der Waals surface area (Å²) in [7, 11) is 0. The van der Waals surface area contributed by atoms with Crippen LogP contribution in [0, 0.1) is 5.82 Å². The van der Waals surface area contributed by atoms with E-state index in [4.69, 9.17) is 44.0 Å². The minimum atomic E-state index is -0.461. The third kappa shape index (κ3) is 5.24. The monoisotopic (exact) mass is 493 g/mol. The largest absolute Gasteiger partial charge is 0.484 e. The van der Waals surface area contributed by atoms with Crippen molar-refractivity contribution in [2.75, 3.05) is 5.32 Å². The lowest BCUT2D eigenvalue weighted by Gasteiger charge is -2.06. The molecular weight excluding hydrogens is 480 g/mol. The molecule has 2 aromatic heterocycles. The molecule has 164 valence electrons. The van der Waals surface area contributed by atoms with E-state index in [1.165, 1.54) is 24.4 Å². The van der Waals surface area contributed by atoms with Gasteiger partial charge in [-0.3, -0.25) is 9.48 Å². The molecule has 4 rings (SSSR count). The maximum atomic E-state index is 13.1. The number of hydrogen-bond acceptors (Lipinski definition) is 4. The second-order valence-corrected chi connectivity index (χ2v) is 7.93. The van der Waals surface area contributed by atoms with Crippen LogP contribution in [0.15, 0.2) is 65.3 Å². The molecule has 0 atom stereocenters. The van der Waals surface area contributed by atoms with E-state index in [1.807, 2.05) is 0 Å². The number of halogens is 4. The van der Waals surface area contributed by atoms with Crippen LogP contribution in [-0.4, -0.2) is 15.7 Å². The van der Waals surface area contributed by atoms with Crippen molar-refractivity contribution in [2.24, 2.45) is 0 Å². The highest BCUT2D eigenvalue weighted by molar-refractivity contribution is 6.36. The molecular formula is C22H15Cl3FN3O3. The third-order valence-electron chi connectivity index (χ3n) is 4.42. The summed E-state index contributed by atoms with van der Waals surface area (Å²) < 4.78 is 25.7. The van der Waals surface area contributed by atoms with Gasteiger partial charge in [-0.25, -0.2) is 4.39 Å². The summed E-state index contributed by atoms with van der Waals surface area (Å²) in [5, 5.41) is 8.14. The van der Waals surface area contributed by atoms with Crippen molar-refractivity contribution in [2.45, 2.75) is 13.2 Å². The van der Waals surface area contributed by atoms with Crippen molar-refractivity contribution in [1.82, 2.24) is 9.78 Å². The highest BCUT2D eigenvalue weighted by atomic mass is 35.5. The Morgan fingerprint density at radius 3 is 2.62 bits per heavy atom. The minimum Gasteiger partial charge on any atom is -0.484 e. The lowest BCUT2D eigenvalue weighted by atomic mass is 10.2. The van der Waals surface area contributed by atoms with Crippen LogP contribution in [0.25, 0.3) is 0 Å². The summed E-state index contributed by atoms with van der Waals surface area (Å²) in [4.78, 5) is 12.5. The van der Waals surface area contributed by atoms with Gasteiger partial charge in [0.2, 0.25) is 0 Å². The number of furan rings is 1. The van der Waals surface area contributed by atoms with Crippen LogP contribution < -0.4 is 10.1 Å². The molecule has 10 heteroatoms. The molecule has 0 unspecified atom stereocenters. The fourth-order valence-electron chi connectivity index (χ4n) is 2.87. The van der Waals surface area contributed by atoms with Crippen LogP contribution in [0.2, 0.25) is 15.1 Å². The van der Waals surface area contributed by atoms with Crippen LogP contribution >= 0.6 is 34.8 Å². The Hall–Kier alpha value is -3.00. The molecule has 0 bridgehead atoms. The zero-order chi connectivity index (χ0) is 22.7. The Labute approximate surface area is 197 Å². The molecule has 1 amide bonds. The second kappa shape index (κ2) is 9.65. The molecule has 2 heterocycles. The second-order valence-electron chi connectivity index (χ2n) is 6.71. The number of anilines is 1. The van der Waals surface area contributed by atoms with Crippen molar-refractivity contribution in [3.8, 4) is 5.75 Å². The van der Waals surface area contributed by atoms with Gasteiger partial charge < -0.3 is 14.5 Å². The van der Waals surface area contributed by atoms with Gasteiger partial charge in [0.1, 0.15) is 23.9 Å². The van der Waals surface area contributed by atoms with E-state index in [2.05, 4.69) is 10.4 Å². The van der Waals surface area contributed by atoms with Crippen molar-refractivity contribution >= 4 is 46.4 Å². The summed E-state index contributed by atoms with van der Waals surface area (Å²) in [6.45, 7) is 0.373. The van der Waals surface area contributed by atoms with Gasteiger partial charge in [-0.15, -0.1) is 0 Å². The lowest BCUT2D eigenvalue weighted by molar-refractivity contribution is 0.0992. The number of rotatable bonds is 7. The number of aromatic nitrogens is 2. The first-order chi connectivity index (χ1) is 15.4. The molecule has 0 aliphatic heterocycles. The van der Waals surface area contributed by atoms with Crippen molar-refractivity contribution in [1.29, 1.82) is 0 Å². The normalized spacial score (nSPS) is 10.9. The standard InChI is InChI=1S/C22H15Cl3FN3O3/c23-17-2-1-3-18(24)16(17)11-29-10-14(9-27-29)28-22(30)21-7-5-15(32-21)12-31-20-6-4-13(26)8-19(20)25/h1-10H,11-12H2,(H,28,30). The zero-order valence-corrected chi connectivity index (χ0v) is 18.6.